The molecule has 8 heteroatoms. The monoisotopic (exact) mass is 484 g/mol. The van der Waals surface area contributed by atoms with E-state index in [0.29, 0.717) is 5.69 Å². The van der Waals surface area contributed by atoms with Crippen molar-refractivity contribution in [3.63, 3.8) is 0 Å². The molecule has 31 heavy (non-hydrogen) atoms. The predicted octanol–water partition coefficient (Wildman–Crippen LogP) is 5.98. The van der Waals surface area contributed by atoms with Gasteiger partial charge in [0.25, 0.3) is 0 Å². The second-order valence-electron chi connectivity index (χ2n) is 8.02. The van der Waals surface area contributed by atoms with Gasteiger partial charge in [0.1, 0.15) is 5.60 Å². The van der Waals surface area contributed by atoms with Gasteiger partial charge >= 0.3 is 12.1 Å². The molecule has 0 saturated heterocycles. The fraction of sp³-hybridized carbons (Fsp3) is 0.261. The molecule has 0 bridgehead atoms. The van der Waals surface area contributed by atoms with Crippen molar-refractivity contribution in [2.75, 3.05) is 5.32 Å². The van der Waals surface area contributed by atoms with Crippen LogP contribution in [0.3, 0.4) is 0 Å². The summed E-state index contributed by atoms with van der Waals surface area (Å²) in [6.07, 6.45) is 0.901. The minimum atomic E-state index is -0.709. The minimum absolute atomic E-state index is 0.0740. The fourth-order valence-corrected chi connectivity index (χ4v) is 3.18. The number of nitrogens with zero attached hydrogens (tertiary/aromatic N) is 2. The Labute approximate surface area is 190 Å². The number of benzene rings is 2. The normalized spacial score (nSPS) is 12.2. The lowest BCUT2D eigenvalue weighted by Gasteiger charge is -2.21. The molecule has 1 unspecified atom stereocenters. The Morgan fingerprint density at radius 2 is 1.71 bits per heavy atom. The van der Waals surface area contributed by atoms with E-state index in [2.05, 4.69) is 31.5 Å². The second-order valence-corrected chi connectivity index (χ2v) is 8.94. The lowest BCUT2D eigenvalue weighted by Crippen LogP contribution is -2.34. The minimum Gasteiger partial charge on any atom is -0.443 e. The largest absolute Gasteiger partial charge is 0.443 e. The molecular weight excluding hydrogens is 460 g/mol. The van der Waals surface area contributed by atoms with E-state index in [1.807, 2.05) is 61.5 Å². The van der Waals surface area contributed by atoms with Crippen LogP contribution in [0.5, 0.6) is 0 Å². The number of halogens is 1. The highest BCUT2D eigenvalue weighted by Gasteiger charge is 2.25. The van der Waals surface area contributed by atoms with E-state index in [9.17, 15) is 9.59 Å². The molecule has 1 aromatic heterocycles. The van der Waals surface area contributed by atoms with Crippen LogP contribution in [0.15, 0.2) is 65.3 Å². The molecule has 0 aliphatic carbocycles. The number of ether oxygens (including phenoxy) is 1. The van der Waals surface area contributed by atoms with Gasteiger partial charge in [-0.25, -0.2) is 19.1 Å². The standard InChI is InChI=1S/C23H25BrN4O3/c1-15(16-8-6-5-7-9-16)26-21(29)27-20-25-14-19(17-10-12-18(24)13-11-17)28(20)22(30)31-23(2,3)4/h5-15H,1-4H3,(H2,25,26,27,29). The number of imidazole rings is 1. The Bertz CT molecular complexity index is 1060. The van der Waals surface area contributed by atoms with Gasteiger partial charge in [0.2, 0.25) is 5.95 Å². The van der Waals surface area contributed by atoms with Crippen LogP contribution in [-0.4, -0.2) is 27.3 Å². The maximum atomic E-state index is 12.9. The highest BCUT2D eigenvalue weighted by molar-refractivity contribution is 9.10. The molecule has 0 radical (unpaired) electrons. The molecule has 1 heterocycles. The molecule has 3 aromatic rings. The van der Waals surface area contributed by atoms with Crippen molar-refractivity contribution >= 4 is 34.0 Å². The number of amides is 2. The molecular formula is C23H25BrN4O3. The summed E-state index contributed by atoms with van der Waals surface area (Å²) in [6.45, 7) is 7.22. The van der Waals surface area contributed by atoms with Crippen LogP contribution in [0.4, 0.5) is 15.5 Å². The number of hydrogen-bond donors (Lipinski definition) is 2. The number of rotatable bonds is 4. The van der Waals surface area contributed by atoms with Crippen molar-refractivity contribution in [3.05, 3.63) is 70.8 Å². The molecule has 0 fully saturated rings. The van der Waals surface area contributed by atoms with E-state index >= 15 is 0 Å². The molecule has 3 rings (SSSR count). The van der Waals surface area contributed by atoms with Gasteiger partial charge in [0.15, 0.2) is 0 Å². The summed E-state index contributed by atoms with van der Waals surface area (Å²) in [5, 5.41) is 5.52. The summed E-state index contributed by atoms with van der Waals surface area (Å²) in [4.78, 5) is 29.8. The molecule has 0 aliphatic rings. The summed E-state index contributed by atoms with van der Waals surface area (Å²) in [5.74, 6) is 0.0740. The second kappa shape index (κ2) is 9.34. The number of aromatic nitrogens is 2. The highest BCUT2D eigenvalue weighted by Crippen LogP contribution is 2.26. The van der Waals surface area contributed by atoms with Gasteiger partial charge in [-0.2, -0.15) is 0 Å². The van der Waals surface area contributed by atoms with Crippen LogP contribution in [0.25, 0.3) is 11.3 Å². The number of nitrogens with one attached hydrogen (secondary N) is 2. The Balaban J connectivity index is 1.87. The number of anilines is 1. The molecule has 0 aliphatic heterocycles. The third kappa shape index (κ3) is 5.95. The van der Waals surface area contributed by atoms with E-state index in [1.165, 1.54) is 10.8 Å². The zero-order chi connectivity index (χ0) is 22.6. The van der Waals surface area contributed by atoms with Gasteiger partial charge in [-0.15, -0.1) is 0 Å². The van der Waals surface area contributed by atoms with Crippen molar-refractivity contribution in [3.8, 4) is 11.3 Å². The van der Waals surface area contributed by atoms with Crippen LogP contribution >= 0.6 is 15.9 Å². The molecule has 162 valence electrons. The number of carbonyl (C=O) groups is 2. The van der Waals surface area contributed by atoms with E-state index in [4.69, 9.17) is 4.74 Å². The van der Waals surface area contributed by atoms with E-state index in [1.54, 1.807) is 20.8 Å². The zero-order valence-electron chi connectivity index (χ0n) is 17.8. The van der Waals surface area contributed by atoms with Crippen molar-refractivity contribution in [2.45, 2.75) is 39.3 Å². The topological polar surface area (TPSA) is 85.3 Å². The SMILES string of the molecule is CC(NC(=O)Nc1ncc(-c2ccc(Br)cc2)n1C(=O)OC(C)(C)C)c1ccccc1. The van der Waals surface area contributed by atoms with Crippen molar-refractivity contribution in [2.24, 2.45) is 0 Å². The Hall–Kier alpha value is -3.13. The maximum absolute atomic E-state index is 12.9. The maximum Gasteiger partial charge on any atom is 0.421 e. The third-order valence-electron chi connectivity index (χ3n) is 4.35. The molecule has 7 nitrogen and oxygen atoms in total. The first-order valence-corrected chi connectivity index (χ1v) is 10.6. The summed E-state index contributed by atoms with van der Waals surface area (Å²) < 4.78 is 7.72. The van der Waals surface area contributed by atoms with Gasteiger partial charge < -0.3 is 10.1 Å². The molecule has 2 N–H and O–H groups in total. The Morgan fingerprint density at radius 1 is 1.06 bits per heavy atom. The number of hydrogen-bond acceptors (Lipinski definition) is 4. The van der Waals surface area contributed by atoms with Crippen molar-refractivity contribution < 1.29 is 14.3 Å². The molecule has 0 saturated carbocycles. The van der Waals surface area contributed by atoms with E-state index < -0.39 is 17.7 Å². The first-order valence-electron chi connectivity index (χ1n) is 9.83. The smallest absolute Gasteiger partial charge is 0.421 e. The molecule has 2 amide bonds. The van der Waals surface area contributed by atoms with Crippen molar-refractivity contribution in [1.29, 1.82) is 0 Å². The van der Waals surface area contributed by atoms with Gasteiger partial charge in [0, 0.05) is 10.0 Å². The van der Waals surface area contributed by atoms with Crippen LogP contribution in [0, 0.1) is 0 Å². The summed E-state index contributed by atoms with van der Waals surface area (Å²) in [5.41, 5.74) is 1.52. The average molecular weight is 485 g/mol. The van der Waals surface area contributed by atoms with Crippen LogP contribution in [0.2, 0.25) is 0 Å². The first-order chi connectivity index (χ1) is 14.6. The molecule has 1 atom stereocenters. The number of carbonyl (C=O) groups excluding carboxylic acids is 2. The third-order valence-corrected chi connectivity index (χ3v) is 4.88. The van der Waals surface area contributed by atoms with E-state index in [0.717, 1.165) is 15.6 Å². The van der Waals surface area contributed by atoms with Gasteiger partial charge in [-0.1, -0.05) is 58.4 Å². The lowest BCUT2D eigenvalue weighted by molar-refractivity contribution is 0.0543. The van der Waals surface area contributed by atoms with Gasteiger partial charge in [-0.3, -0.25) is 5.32 Å². The van der Waals surface area contributed by atoms with Crippen LogP contribution < -0.4 is 10.6 Å². The van der Waals surface area contributed by atoms with Crippen molar-refractivity contribution in [1.82, 2.24) is 14.9 Å². The highest BCUT2D eigenvalue weighted by atomic mass is 79.9. The fourth-order valence-electron chi connectivity index (χ4n) is 2.92. The summed E-state index contributed by atoms with van der Waals surface area (Å²) in [7, 11) is 0. The Morgan fingerprint density at radius 3 is 2.32 bits per heavy atom. The molecule has 0 spiro atoms. The quantitative estimate of drug-likeness (QED) is 0.476. The predicted molar refractivity (Wildman–Crippen MR) is 124 cm³/mol. The number of urea groups is 1. The van der Waals surface area contributed by atoms with E-state index in [-0.39, 0.29) is 12.0 Å². The Kier molecular flexibility index (Phi) is 6.80. The zero-order valence-corrected chi connectivity index (χ0v) is 19.4. The first kappa shape index (κ1) is 22.6. The van der Waals surface area contributed by atoms with Gasteiger partial charge in [-0.05, 0) is 45.4 Å². The molecule has 2 aromatic carbocycles. The van der Waals surface area contributed by atoms with Gasteiger partial charge in [0.05, 0.1) is 17.9 Å². The van der Waals surface area contributed by atoms with Crippen LogP contribution in [-0.2, 0) is 4.74 Å². The summed E-state index contributed by atoms with van der Waals surface area (Å²) in [6, 6.07) is 16.3. The summed E-state index contributed by atoms with van der Waals surface area (Å²) >= 11 is 3.41. The lowest BCUT2D eigenvalue weighted by atomic mass is 10.1. The average Bonchev–Trinajstić information content (AvgIpc) is 3.11. The van der Waals surface area contributed by atoms with Crippen LogP contribution in [0.1, 0.15) is 39.3 Å².